The van der Waals surface area contributed by atoms with Gasteiger partial charge in [-0.25, -0.2) is 0 Å². The zero-order valence-electron chi connectivity index (χ0n) is 11.9. The highest BCUT2D eigenvalue weighted by Gasteiger charge is 2.18. The maximum atomic E-state index is 9.84. The van der Waals surface area contributed by atoms with Gasteiger partial charge in [0.2, 0.25) is 0 Å². The van der Waals surface area contributed by atoms with Crippen molar-refractivity contribution in [2.75, 3.05) is 7.11 Å². The largest absolute Gasteiger partial charge is 0.504 e. The average molecular weight is 272 g/mol. The molecule has 0 aliphatic carbocycles. The molecule has 1 N–H and O–H groups in total. The molecule has 0 saturated carbocycles. The Labute approximate surface area is 119 Å². The van der Waals surface area contributed by atoms with E-state index < -0.39 is 0 Å². The number of para-hydroxylation sites is 3. The quantitative estimate of drug-likeness (QED) is 0.851. The first kappa shape index (κ1) is 14.3. The molecule has 0 bridgehead atoms. The van der Waals surface area contributed by atoms with Gasteiger partial charge in [0.15, 0.2) is 11.5 Å². The number of methoxy groups -OCH3 is 1. The van der Waals surface area contributed by atoms with Gasteiger partial charge < -0.3 is 14.6 Å². The second-order valence-electron chi connectivity index (χ2n) is 4.60. The fourth-order valence-corrected chi connectivity index (χ4v) is 2.18. The highest BCUT2D eigenvalue weighted by molar-refractivity contribution is 5.40. The van der Waals surface area contributed by atoms with Crippen LogP contribution in [0.3, 0.4) is 0 Å². The van der Waals surface area contributed by atoms with Crippen LogP contribution in [0.1, 0.15) is 31.4 Å². The molecule has 0 aromatic heterocycles. The zero-order valence-corrected chi connectivity index (χ0v) is 11.9. The van der Waals surface area contributed by atoms with E-state index in [0.717, 1.165) is 24.2 Å². The van der Waals surface area contributed by atoms with Crippen LogP contribution >= 0.6 is 0 Å². The summed E-state index contributed by atoms with van der Waals surface area (Å²) in [5.74, 6) is 1.46. The predicted octanol–water partition coefficient (Wildman–Crippen LogP) is 4.32. The van der Waals surface area contributed by atoms with Crippen molar-refractivity contribution in [2.45, 2.75) is 25.9 Å². The van der Waals surface area contributed by atoms with E-state index in [9.17, 15) is 5.11 Å². The lowest BCUT2D eigenvalue weighted by atomic mass is 10.0. The van der Waals surface area contributed by atoms with E-state index in [1.165, 1.54) is 0 Å². The summed E-state index contributed by atoms with van der Waals surface area (Å²) in [5.41, 5.74) is 1.00. The fourth-order valence-electron chi connectivity index (χ4n) is 2.18. The van der Waals surface area contributed by atoms with Gasteiger partial charge in [-0.15, -0.1) is 0 Å². The first-order chi connectivity index (χ1) is 9.76. The lowest BCUT2D eigenvalue weighted by Crippen LogP contribution is -2.09. The lowest BCUT2D eigenvalue weighted by molar-refractivity contribution is 0.182. The Kier molecular flexibility index (Phi) is 4.88. The Morgan fingerprint density at radius 2 is 1.65 bits per heavy atom. The number of phenols is 1. The van der Waals surface area contributed by atoms with Crippen molar-refractivity contribution in [3.05, 3.63) is 54.1 Å². The molecule has 0 aliphatic heterocycles. The molecular formula is C17H20O3. The maximum absolute atomic E-state index is 9.84. The SMILES string of the molecule is CCCC(Oc1ccccc1O)c1ccccc1OC. The second kappa shape index (κ2) is 6.85. The van der Waals surface area contributed by atoms with E-state index in [-0.39, 0.29) is 11.9 Å². The first-order valence-electron chi connectivity index (χ1n) is 6.83. The van der Waals surface area contributed by atoms with Gasteiger partial charge in [0, 0.05) is 5.56 Å². The highest BCUT2D eigenvalue weighted by atomic mass is 16.5. The smallest absolute Gasteiger partial charge is 0.161 e. The van der Waals surface area contributed by atoms with Crippen LogP contribution in [0.5, 0.6) is 17.2 Å². The van der Waals surface area contributed by atoms with Crippen LogP contribution in [-0.2, 0) is 0 Å². The Hall–Kier alpha value is -2.16. The van der Waals surface area contributed by atoms with E-state index in [1.54, 1.807) is 25.3 Å². The van der Waals surface area contributed by atoms with Gasteiger partial charge in [-0.1, -0.05) is 43.7 Å². The minimum atomic E-state index is -0.135. The van der Waals surface area contributed by atoms with Crippen LogP contribution in [-0.4, -0.2) is 12.2 Å². The third-order valence-corrected chi connectivity index (χ3v) is 3.17. The molecule has 0 aliphatic rings. The van der Waals surface area contributed by atoms with Crippen LogP contribution in [0, 0.1) is 0 Å². The van der Waals surface area contributed by atoms with E-state index >= 15 is 0 Å². The minimum absolute atomic E-state index is 0.135. The molecule has 0 amide bonds. The number of hydrogen-bond acceptors (Lipinski definition) is 3. The topological polar surface area (TPSA) is 38.7 Å². The zero-order chi connectivity index (χ0) is 14.4. The third kappa shape index (κ3) is 3.23. The van der Waals surface area contributed by atoms with Crippen molar-refractivity contribution < 1.29 is 14.6 Å². The summed E-state index contributed by atoms with van der Waals surface area (Å²) in [7, 11) is 1.65. The molecule has 0 radical (unpaired) electrons. The molecule has 1 atom stereocenters. The summed E-state index contributed by atoms with van der Waals surface area (Å²) in [6, 6.07) is 14.8. The van der Waals surface area contributed by atoms with Gasteiger partial charge in [0.1, 0.15) is 11.9 Å². The molecule has 0 spiro atoms. The maximum Gasteiger partial charge on any atom is 0.161 e. The average Bonchev–Trinajstić information content (AvgIpc) is 2.49. The molecule has 0 heterocycles. The van der Waals surface area contributed by atoms with Crippen LogP contribution in [0.4, 0.5) is 0 Å². The lowest BCUT2D eigenvalue weighted by Gasteiger charge is -2.21. The highest BCUT2D eigenvalue weighted by Crippen LogP contribution is 2.35. The molecule has 2 aromatic carbocycles. The van der Waals surface area contributed by atoms with Gasteiger partial charge in [0.25, 0.3) is 0 Å². The standard InChI is InChI=1S/C17H20O3/c1-3-8-16(13-9-4-6-11-15(13)19-2)20-17-12-7-5-10-14(17)18/h4-7,9-12,16,18H,3,8H2,1-2H3. The third-order valence-electron chi connectivity index (χ3n) is 3.17. The van der Waals surface area contributed by atoms with Crippen molar-refractivity contribution in [1.82, 2.24) is 0 Å². The minimum Gasteiger partial charge on any atom is -0.504 e. The monoisotopic (exact) mass is 272 g/mol. The Balaban J connectivity index is 2.29. The van der Waals surface area contributed by atoms with Gasteiger partial charge >= 0.3 is 0 Å². The molecule has 0 saturated heterocycles. The summed E-state index contributed by atoms with van der Waals surface area (Å²) < 4.78 is 11.4. The molecular weight excluding hydrogens is 252 g/mol. The normalized spacial score (nSPS) is 11.9. The molecule has 1 unspecified atom stereocenters. The van der Waals surface area contributed by atoms with Crippen LogP contribution in [0.2, 0.25) is 0 Å². The fraction of sp³-hybridized carbons (Fsp3) is 0.294. The number of ether oxygens (including phenoxy) is 2. The van der Waals surface area contributed by atoms with Gasteiger partial charge in [-0.05, 0) is 24.6 Å². The predicted molar refractivity (Wildman–Crippen MR) is 79.4 cm³/mol. The van der Waals surface area contributed by atoms with Crippen molar-refractivity contribution in [1.29, 1.82) is 0 Å². The summed E-state index contributed by atoms with van der Waals surface area (Å²) in [6.45, 7) is 2.11. The summed E-state index contributed by atoms with van der Waals surface area (Å²) in [6.07, 6.45) is 1.70. The number of phenolic OH excluding ortho intramolecular Hbond substituents is 1. The molecule has 106 valence electrons. The number of rotatable bonds is 6. The summed E-state index contributed by atoms with van der Waals surface area (Å²) in [5, 5.41) is 9.84. The number of aromatic hydroxyl groups is 1. The van der Waals surface area contributed by atoms with E-state index in [1.807, 2.05) is 30.3 Å². The van der Waals surface area contributed by atoms with E-state index in [0.29, 0.717) is 5.75 Å². The van der Waals surface area contributed by atoms with Crippen LogP contribution in [0.25, 0.3) is 0 Å². The summed E-state index contributed by atoms with van der Waals surface area (Å²) >= 11 is 0. The molecule has 3 nitrogen and oxygen atoms in total. The van der Waals surface area contributed by atoms with Gasteiger partial charge in [-0.2, -0.15) is 0 Å². The molecule has 2 rings (SSSR count). The van der Waals surface area contributed by atoms with Crippen LogP contribution < -0.4 is 9.47 Å². The molecule has 2 aromatic rings. The van der Waals surface area contributed by atoms with Crippen molar-refractivity contribution >= 4 is 0 Å². The van der Waals surface area contributed by atoms with Crippen molar-refractivity contribution in [2.24, 2.45) is 0 Å². The van der Waals surface area contributed by atoms with E-state index in [2.05, 4.69) is 6.92 Å². The summed E-state index contributed by atoms with van der Waals surface area (Å²) in [4.78, 5) is 0. The molecule has 20 heavy (non-hydrogen) atoms. The van der Waals surface area contributed by atoms with Crippen molar-refractivity contribution in [3.8, 4) is 17.2 Å². The Morgan fingerprint density at radius 1 is 1.00 bits per heavy atom. The Bertz CT molecular complexity index is 551. The number of hydrogen-bond donors (Lipinski definition) is 1. The second-order valence-corrected chi connectivity index (χ2v) is 4.60. The van der Waals surface area contributed by atoms with Crippen molar-refractivity contribution in [3.63, 3.8) is 0 Å². The van der Waals surface area contributed by atoms with Gasteiger partial charge in [-0.3, -0.25) is 0 Å². The van der Waals surface area contributed by atoms with Crippen LogP contribution in [0.15, 0.2) is 48.5 Å². The van der Waals surface area contributed by atoms with Gasteiger partial charge in [0.05, 0.1) is 7.11 Å². The first-order valence-corrected chi connectivity index (χ1v) is 6.83. The molecule has 3 heteroatoms. The number of benzene rings is 2. The molecule has 0 fully saturated rings. The Morgan fingerprint density at radius 3 is 2.30 bits per heavy atom. The van der Waals surface area contributed by atoms with E-state index in [4.69, 9.17) is 9.47 Å².